The zero-order chi connectivity index (χ0) is 36.3. The Hall–Kier alpha value is -6.52. The molecule has 0 fully saturated rings. The highest BCUT2D eigenvalue weighted by Crippen LogP contribution is 2.59. The molecule has 0 atom stereocenters. The number of oxazole rings is 2. The lowest BCUT2D eigenvalue weighted by molar-refractivity contribution is 0.617. The van der Waals surface area contributed by atoms with E-state index in [1.54, 1.807) is 0 Å². The monoisotopic (exact) mass is 696 g/mol. The summed E-state index contributed by atoms with van der Waals surface area (Å²) in [6.07, 6.45) is 0. The second kappa shape index (κ2) is 11.0. The van der Waals surface area contributed by atoms with Crippen LogP contribution in [-0.4, -0.2) is 9.97 Å². The smallest absolute Gasteiger partial charge is 0.227 e. The molecule has 0 spiro atoms. The summed E-state index contributed by atoms with van der Waals surface area (Å²) < 4.78 is 12.5. The molecular formula is C50H36N2O2. The molecule has 258 valence electrons. The van der Waals surface area contributed by atoms with E-state index >= 15 is 0 Å². The van der Waals surface area contributed by atoms with Gasteiger partial charge in [-0.2, -0.15) is 0 Å². The highest BCUT2D eigenvalue weighted by molar-refractivity contribution is 5.99. The van der Waals surface area contributed by atoms with E-state index < -0.39 is 0 Å². The molecule has 2 aliphatic rings. The first-order valence-electron chi connectivity index (χ1n) is 18.6. The molecule has 9 aromatic rings. The third-order valence-corrected chi connectivity index (χ3v) is 11.9. The third-order valence-electron chi connectivity index (χ3n) is 11.9. The van der Waals surface area contributed by atoms with Crippen LogP contribution >= 0.6 is 0 Å². The molecule has 7 aromatic carbocycles. The van der Waals surface area contributed by atoms with Crippen LogP contribution in [-0.2, 0) is 10.8 Å². The van der Waals surface area contributed by atoms with E-state index in [0.29, 0.717) is 11.8 Å². The number of rotatable bonds is 4. The van der Waals surface area contributed by atoms with E-state index in [2.05, 4.69) is 125 Å². The average molecular weight is 697 g/mol. The predicted molar refractivity (Wildman–Crippen MR) is 218 cm³/mol. The zero-order valence-electron chi connectivity index (χ0n) is 30.6. The van der Waals surface area contributed by atoms with Gasteiger partial charge in [-0.05, 0) is 121 Å². The van der Waals surface area contributed by atoms with E-state index in [1.165, 1.54) is 50.1 Å². The highest BCUT2D eigenvalue weighted by Gasteiger charge is 2.43. The second-order valence-corrected chi connectivity index (χ2v) is 15.8. The average Bonchev–Trinajstić information content (AvgIpc) is 3.95. The van der Waals surface area contributed by atoms with Crippen molar-refractivity contribution < 1.29 is 8.83 Å². The van der Waals surface area contributed by atoms with Gasteiger partial charge in [0.05, 0.1) is 0 Å². The maximum atomic E-state index is 6.27. The van der Waals surface area contributed by atoms with Crippen molar-refractivity contribution in [2.75, 3.05) is 0 Å². The fourth-order valence-corrected chi connectivity index (χ4v) is 9.11. The van der Waals surface area contributed by atoms with Gasteiger partial charge in [0.15, 0.2) is 11.2 Å². The Bertz CT molecular complexity index is 2850. The van der Waals surface area contributed by atoms with Crippen LogP contribution in [0.25, 0.3) is 89.6 Å². The summed E-state index contributed by atoms with van der Waals surface area (Å²) in [5, 5.41) is 0. The van der Waals surface area contributed by atoms with Crippen LogP contribution in [0.4, 0.5) is 0 Å². The summed E-state index contributed by atoms with van der Waals surface area (Å²) in [5.74, 6) is 1.12. The molecule has 0 radical (unpaired) electrons. The van der Waals surface area contributed by atoms with Crippen molar-refractivity contribution in [1.82, 2.24) is 9.97 Å². The standard InChI is InChI=1S/C50H36N2O2/c1-49(2)37-15-6-5-14-35(37)45-38(49)22-23-39-46(45)36-21-20-31(28-40(36)50(39,3)4)29-12-11-13-30(24-29)32-25-33(47-51-41-16-7-9-18-43(41)53-47)27-34(26-32)48-52-42-17-8-10-19-44(42)54-48/h5-28H,1-4H3. The molecule has 0 unspecified atom stereocenters. The van der Waals surface area contributed by atoms with Crippen molar-refractivity contribution in [2.45, 2.75) is 38.5 Å². The minimum absolute atomic E-state index is 0.0354. The molecule has 54 heavy (non-hydrogen) atoms. The molecule has 0 N–H and O–H groups in total. The SMILES string of the molecule is CC1(C)c2ccccc2-c2c1ccc1c2-c2ccc(-c3cccc(-c4cc(-c5nc6ccccc6o5)cc(-c5nc6ccccc6o5)c4)c3)cc2C1(C)C. The van der Waals surface area contributed by atoms with E-state index in [-0.39, 0.29) is 10.8 Å². The molecule has 2 heterocycles. The van der Waals surface area contributed by atoms with E-state index in [1.807, 2.05) is 48.5 Å². The van der Waals surface area contributed by atoms with Gasteiger partial charge in [-0.15, -0.1) is 0 Å². The van der Waals surface area contributed by atoms with Crippen LogP contribution in [0, 0.1) is 0 Å². The van der Waals surface area contributed by atoms with Crippen molar-refractivity contribution in [1.29, 1.82) is 0 Å². The van der Waals surface area contributed by atoms with Crippen molar-refractivity contribution in [2.24, 2.45) is 0 Å². The molecule has 4 nitrogen and oxygen atoms in total. The van der Waals surface area contributed by atoms with Crippen LogP contribution in [0.2, 0.25) is 0 Å². The number of hydrogen-bond acceptors (Lipinski definition) is 4. The van der Waals surface area contributed by atoms with Gasteiger partial charge in [0.25, 0.3) is 0 Å². The number of benzene rings is 7. The zero-order valence-corrected chi connectivity index (χ0v) is 30.6. The summed E-state index contributed by atoms with van der Waals surface area (Å²) in [4.78, 5) is 9.70. The van der Waals surface area contributed by atoms with E-state index in [9.17, 15) is 0 Å². The lowest BCUT2D eigenvalue weighted by Crippen LogP contribution is -2.17. The maximum absolute atomic E-state index is 6.27. The molecule has 2 aromatic heterocycles. The Balaban J connectivity index is 1.04. The highest BCUT2D eigenvalue weighted by atomic mass is 16.4. The van der Waals surface area contributed by atoms with Crippen LogP contribution in [0.3, 0.4) is 0 Å². The molecule has 0 aliphatic heterocycles. The first-order chi connectivity index (χ1) is 26.2. The van der Waals surface area contributed by atoms with Gasteiger partial charge in [0, 0.05) is 22.0 Å². The van der Waals surface area contributed by atoms with Crippen LogP contribution < -0.4 is 0 Å². The summed E-state index contributed by atoms with van der Waals surface area (Å²) in [6.45, 7) is 9.48. The van der Waals surface area contributed by atoms with Crippen molar-refractivity contribution in [3.63, 3.8) is 0 Å². The van der Waals surface area contributed by atoms with Gasteiger partial charge >= 0.3 is 0 Å². The van der Waals surface area contributed by atoms with Crippen molar-refractivity contribution in [3.8, 4) is 67.4 Å². The van der Waals surface area contributed by atoms with Gasteiger partial charge < -0.3 is 8.83 Å². The normalized spacial score (nSPS) is 14.6. The molecule has 0 bridgehead atoms. The second-order valence-electron chi connectivity index (χ2n) is 15.8. The van der Waals surface area contributed by atoms with Crippen LogP contribution in [0.1, 0.15) is 49.9 Å². The molecular weight excluding hydrogens is 661 g/mol. The van der Waals surface area contributed by atoms with Gasteiger partial charge in [0.1, 0.15) is 11.0 Å². The topological polar surface area (TPSA) is 52.1 Å². The summed E-state index contributed by atoms with van der Waals surface area (Å²) in [5.41, 5.74) is 20.3. The molecule has 2 aliphatic carbocycles. The van der Waals surface area contributed by atoms with Gasteiger partial charge in [-0.25, -0.2) is 9.97 Å². The van der Waals surface area contributed by atoms with Crippen molar-refractivity contribution in [3.05, 3.63) is 168 Å². The quantitative estimate of drug-likeness (QED) is 0.184. The fourth-order valence-electron chi connectivity index (χ4n) is 9.11. The van der Waals surface area contributed by atoms with Crippen LogP contribution in [0.15, 0.2) is 154 Å². The minimum atomic E-state index is -0.141. The molecule has 11 rings (SSSR count). The van der Waals surface area contributed by atoms with Gasteiger partial charge in [0.2, 0.25) is 11.8 Å². The Labute approximate surface area is 313 Å². The largest absolute Gasteiger partial charge is 0.436 e. The van der Waals surface area contributed by atoms with Crippen LogP contribution in [0.5, 0.6) is 0 Å². The Morgan fingerprint density at radius 1 is 0.370 bits per heavy atom. The molecule has 0 saturated carbocycles. The predicted octanol–water partition coefficient (Wildman–Crippen LogP) is 13.2. The molecule has 0 amide bonds. The van der Waals surface area contributed by atoms with E-state index in [4.69, 9.17) is 18.8 Å². The summed E-state index contributed by atoms with van der Waals surface area (Å²) >= 11 is 0. The third kappa shape index (κ3) is 4.43. The van der Waals surface area contributed by atoms with E-state index in [0.717, 1.165) is 50.0 Å². The number of para-hydroxylation sites is 4. The van der Waals surface area contributed by atoms with Gasteiger partial charge in [-0.3, -0.25) is 0 Å². The first-order valence-corrected chi connectivity index (χ1v) is 18.6. The lowest BCUT2D eigenvalue weighted by atomic mass is 9.79. The van der Waals surface area contributed by atoms with Crippen molar-refractivity contribution >= 4 is 22.2 Å². The minimum Gasteiger partial charge on any atom is -0.436 e. The fraction of sp³-hybridized carbons (Fsp3) is 0.120. The number of nitrogens with zero attached hydrogens (tertiary/aromatic N) is 2. The number of fused-ring (bicyclic) bond motifs is 9. The summed E-state index contributed by atoms with van der Waals surface area (Å²) in [7, 11) is 0. The summed E-state index contributed by atoms with van der Waals surface area (Å²) in [6, 6.07) is 51.7. The first kappa shape index (κ1) is 31.0. The molecule has 0 saturated heterocycles. The Morgan fingerprint density at radius 3 is 1.48 bits per heavy atom. The maximum Gasteiger partial charge on any atom is 0.227 e. The number of hydrogen-bond donors (Lipinski definition) is 0. The Kier molecular flexibility index (Phi) is 6.33. The lowest BCUT2D eigenvalue weighted by Gasteiger charge is -2.24. The van der Waals surface area contributed by atoms with Gasteiger partial charge in [-0.1, -0.05) is 119 Å². The number of aromatic nitrogens is 2. The molecule has 4 heteroatoms. The Morgan fingerprint density at radius 2 is 0.852 bits per heavy atom.